The van der Waals surface area contributed by atoms with Gasteiger partial charge in [0.05, 0.1) is 0 Å². The average molecular weight is 470 g/mol. The van der Waals surface area contributed by atoms with Crippen molar-refractivity contribution in [1.29, 1.82) is 0 Å². The highest BCUT2D eigenvalue weighted by atomic mass is 31.2. The fourth-order valence-corrected chi connectivity index (χ4v) is 2.81. The van der Waals surface area contributed by atoms with Crippen molar-refractivity contribution >= 4 is 7.82 Å². The molecule has 9 heteroatoms. The molecular weight excluding hydrogens is 447 g/mol. The van der Waals surface area contributed by atoms with Gasteiger partial charge in [-0.2, -0.15) is 0 Å². The van der Waals surface area contributed by atoms with Crippen LogP contribution in [0.1, 0.15) is 0 Å². The Morgan fingerprint density at radius 2 is 0.545 bits per heavy atom. The second-order valence-electron chi connectivity index (χ2n) is 6.58. The second-order valence-corrected chi connectivity index (χ2v) is 7.61. The summed E-state index contributed by atoms with van der Waals surface area (Å²) in [5.41, 5.74) is 2.58. The fraction of sp³-hybridized carbons (Fsp3) is 0. The third-order valence-corrected chi connectivity index (χ3v) is 4.20. The molecule has 0 heterocycles. The topological polar surface area (TPSA) is 159 Å². The predicted molar refractivity (Wildman–Crippen MR) is 125 cm³/mol. The van der Waals surface area contributed by atoms with Gasteiger partial charge in [-0.15, -0.1) is 0 Å². The molecule has 0 aliphatic carbocycles. The van der Waals surface area contributed by atoms with E-state index in [1.165, 1.54) is 0 Å². The third-order valence-electron chi connectivity index (χ3n) is 4.20. The molecule has 0 aliphatic rings. The van der Waals surface area contributed by atoms with Crippen LogP contribution in [-0.4, -0.2) is 35.1 Å². The molecule has 4 rings (SSSR count). The van der Waals surface area contributed by atoms with Crippen molar-refractivity contribution in [3.05, 3.63) is 97.1 Å². The van der Waals surface area contributed by atoms with Crippen molar-refractivity contribution in [2.45, 2.75) is 0 Å². The van der Waals surface area contributed by atoms with Crippen LogP contribution in [0.2, 0.25) is 0 Å². The van der Waals surface area contributed by atoms with E-state index in [-0.39, 0.29) is 23.0 Å². The van der Waals surface area contributed by atoms with Crippen LogP contribution in [0.3, 0.4) is 0 Å². The Morgan fingerprint density at radius 3 is 0.697 bits per heavy atom. The molecule has 0 aliphatic heterocycles. The first-order chi connectivity index (χ1) is 15.6. The molecule has 0 radical (unpaired) electrons. The zero-order valence-corrected chi connectivity index (χ0v) is 18.1. The van der Waals surface area contributed by atoms with Gasteiger partial charge in [0.15, 0.2) is 0 Å². The molecule has 0 spiro atoms. The summed E-state index contributed by atoms with van der Waals surface area (Å²) >= 11 is 0. The average Bonchev–Trinajstić information content (AvgIpc) is 2.75. The molecule has 172 valence electrons. The molecule has 0 fully saturated rings. The number of aromatic hydroxyl groups is 4. The minimum absolute atomic E-state index is 0.175. The van der Waals surface area contributed by atoms with Gasteiger partial charge in [0.1, 0.15) is 23.0 Å². The second kappa shape index (κ2) is 11.7. The summed E-state index contributed by atoms with van der Waals surface area (Å²) in [4.78, 5) is 21.6. The van der Waals surface area contributed by atoms with Crippen molar-refractivity contribution in [3.8, 4) is 45.3 Å². The summed E-state index contributed by atoms with van der Waals surface area (Å²) < 4.78 is 8.88. The van der Waals surface area contributed by atoms with E-state index in [1.54, 1.807) is 72.8 Å². The quantitative estimate of drug-likeness (QED) is 0.209. The van der Waals surface area contributed by atoms with E-state index >= 15 is 0 Å². The van der Waals surface area contributed by atoms with Crippen molar-refractivity contribution in [1.82, 2.24) is 0 Å². The minimum Gasteiger partial charge on any atom is -0.507 e. The van der Waals surface area contributed by atoms with Gasteiger partial charge in [0.2, 0.25) is 0 Å². The number of phenolic OH excluding ortho intramolecular Hbond substituents is 4. The first kappa shape index (κ1) is 25.5. The van der Waals surface area contributed by atoms with Crippen LogP contribution in [0.15, 0.2) is 97.1 Å². The molecule has 8 nitrogen and oxygen atoms in total. The zero-order valence-electron chi connectivity index (χ0n) is 17.2. The maximum atomic E-state index is 9.58. The lowest BCUT2D eigenvalue weighted by Gasteiger charge is -2.05. The Hall–Kier alpha value is -3.81. The van der Waals surface area contributed by atoms with Crippen LogP contribution in [0.25, 0.3) is 22.3 Å². The summed E-state index contributed by atoms with van der Waals surface area (Å²) in [5, 5.41) is 38.3. The Labute approximate surface area is 190 Å². The molecule has 33 heavy (non-hydrogen) atoms. The highest BCUT2D eigenvalue weighted by Gasteiger charge is 2.07. The van der Waals surface area contributed by atoms with Gasteiger partial charge in [0.25, 0.3) is 0 Å². The highest BCUT2D eigenvalue weighted by molar-refractivity contribution is 7.45. The standard InChI is InChI=1S/2C12H10O2.H3O4P/c2*13-11-7-3-1-5-9(11)10-6-2-4-8-12(10)14;1-5(2,3)4/h2*1-8,13-14H;(H3,1,2,3,4). The largest absolute Gasteiger partial charge is 0.507 e. The summed E-state index contributed by atoms with van der Waals surface area (Å²) in [6.45, 7) is 0. The number of hydrogen-bond acceptors (Lipinski definition) is 5. The van der Waals surface area contributed by atoms with Crippen molar-refractivity contribution in [2.24, 2.45) is 0 Å². The van der Waals surface area contributed by atoms with Crippen molar-refractivity contribution in [2.75, 3.05) is 0 Å². The molecule has 4 aromatic rings. The van der Waals surface area contributed by atoms with Crippen molar-refractivity contribution < 1.29 is 39.7 Å². The maximum absolute atomic E-state index is 9.58. The van der Waals surface area contributed by atoms with Crippen LogP contribution in [0.5, 0.6) is 23.0 Å². The number of hydrogen-bond donors (Lipinski definition) is 7. The van der Waals surface area contributed by atoms with E-state index in [9.17, 15) is 20.4 Å². The van der Waals surface area contributed by atoms with E-state index in [1.807, 2.05) is 24.3 Å². The summed E-state index contributed by atoms with van der Waals surface area (Å²) in [7, 11) is -4.64. The van der Waals surface area contributed by atoms with E-state index < -0.39 is 7.82 Å². The Kier molecular flexibility index (Phi) is 9.03. The third kappa shape index (κ3) is 8.33. The number of rotatable bonds is 2. The Morgan fingerprint density at radius 1 is 0.394 bits per heavy atom. The van der Waals surface area contributed by atoms with Gasteiger partial charge < -0.3 is 35.1 Å². The van der Waals surface area contributed by atoms with Gasteiger partial charge in [-0.25, -0.2) is 4.57 Å². The number of phenols is 4. The van der Waals surface area contributed by atoms with Gasteiger partial charge in [-0.1, -0.05) is 72.8 Å². The zero-order chi connectivity index (χ0) is 24.4. The summed E-state index contributed by atoms with van der Waals surface area (Å²) in [5.74, 6) is 0.700. The number of para-hydroxylation sites is 4. The normalized spacial score (nSPS) is 10.3. The highest BCUT2D eigenvalue weighted by Crippen LogP contribution is 2.35. The van der Waals surface area contributed by atoms with Gasteiger partial charge >= 0.3 is 7.82 Å². The van der Waals surface area contributed by atoms with Crippen molar-refractivity contribution in [3.63, 3.8) is 0 Å². The molecular formula is C24H23O8P. The molecule has 0 bridgehead atoms. The number of phosphoric acid groups is 1. The van der Waals surface area contributed by atoms with Crippen LogP contribution in [-0.2, 0) is 4.57 Å². The van der Waals surface area contributed by atoms with E-state index in [0.717, 1.165) is 0 Å². The SMILES string of the molecule is O=P(O)(O)O.Oc1ccccc1-c1ccccc1O.Oc1ccccc1-c1ccccc1O. The van der Waals surface area contributed by atoms with Crippen LogP contribution < -0.4 is 0 Å². The van der Waals surface area contributed by atoms with Gasteiger partial charge in [0, 0.05) is 22.3 Å². The van der Waals surface area contributed by atoms with Gasteiger partial charge in [-0.3, -0.25) is 0 Å². The molecule has 0 aromatic heterocycles. The van der Waals surface area contributed by atoms with Crippen LogP contribution in [0.4, 0.5) is 0 Å². The molecule has 0 saturated carbocycles. The van der Waals surface area contributed by atoms with E-state index in [0.29, 0.717) is 22.3 Å². The Balaban J connectivity index is 0.000000195. The number of benzene rings is 4. The lowest BCUT2D eigenvalue weighted by molar-refractivity contribution is 0.275. The molecule has 4 aromatic carbocycles. The van der Waals surface area contributed by atoms with E-state index in [2.05, 4.69) is 0 Å². The fourth-order valence-electron chi connectivity index (χ4n) is 2.81. The smallest absolute Gasteiger partial charge is 0.466 e. The lowest BCUT2D eigenvalue weighted by atomic mass is 10.0. The Bertz CT molecular complexity index is 1050. The lowest BCUT2D eigenvalue weighted by Crippen LogP contribution is -1.79. The predicted octanol–water partition coefficient (Wildman–Crippen LogP) is 4.60. The van der Waals surface area contributed by atoms with E-state index in [4.69, 9.17) is 19.2 Å². The van der Waals surface area contributed by atoms with Crippen LogP contribution in [0, 0.1) is 0 Å². The first-order valence-electron chi connectivity index (χ1n) is 9.49. The molecule has 7 N–H and O–H groups in total. The maximum Gasteiger partial charge on any atom is 0.466 e. The first-order valence-corrected chi connectivity index (χ1v) is 11.1. The molecule has 0 atom stereocenters. The monoisotopic (exact) mass is 470 g/mol. The summed E-state index contributed by atoms with van der Waals surface area (Å²) in [6.07, 6.45) is 0. The molecule has 0 amide bonds. The van der Waals surface area contributed by atoms with Crippen LogP contribution >= 0.6 is 7.82 Å². The molecule has 0 unspecified atom stereocenters. The minimum atomic E-state index is -4.64. The molecule has 0 saturated heterocycles. The van der Waals surface area contributed by atoms with Gasteiger partial charge in [-0.05, 0) is 24.3 Å². The summed E-state index contributed by atoms with van der Waals surface area (Å²) in [6, 6.07) is 27.7.